The van der Waals surface area contributed by atoms with Gasteiger partial charge in [0, 0.05) is 23.9 Å². The number of rotatable bonds is 6. The second-order valence-corrected chi connectivity index (χ2v) is 9.54. The molecule has 1 aromatic carbocycles. The Labute approximate surface area is 152 Å². The van der Waals surface area contributed by atoms with Gasteiger partial charge < -0.3 is 4.74 Å². The predicted octanol–water partition coefficient (Wildman–Crippen LogP) is 3.93. The maximum absolute atomic E-state index is 12.9. The van der Waals surface area contributed by atoms with Crippen LogP contribution in [0.3, 0.4) is 0 Å². The van der Waals surface area contributed by atoms with E-state index in [1.807, 2.05) is 13.0 Å². The highest BCUT2D eigenvalue weighted by Gasteiger charge is 2.31. The molecule has 4 nitrogen and oxygen atoms in total. The van der Waals surface area contributed by atoms with E-state index in [2.05, 4.69) is 0 Å². The summed E-state index contributed by atoms with van der Waals surface area (Å²) in [5.74, 6) is 0.441. The Hall–Kier alpha value is -1.44. The first-order valence-electron chi connectivity index (χ1n) is 8.46. The third kappa shape index (κ3) is 4.40. The Balaban J connectivity index is 1.63. The van der Waals surface area contributed by atoms with Crippen LogP contribution >= 0.6 is 11.3 Å². The van der Waals surface area contributed by atoms with E-state index < -0.39 is 10.0 Å². The molecule has 2 aromatic rings. The van der Waals surface area contributed by atoms with Crippen molar-refractivity contribution >= 4 is 21.4 Å². The minimum Gasteiger partial charge on any atom is -0.493 e. The number of nitrogens with zero attached hydrogens (tertiary/aromatic N) is 1. The summed E-state index contributed by atoms with van der Waals surface area (Å²) in [4.78, 5) is 1.08. The van der Waals surface area contributed by atoms with Gasteiger partial charge in [-0.25, -0.2) is 12.8 Å². The molecular formula is C18H22FNO3S2. The number of hydrogen-bond acceptors (Lipinski definition) is 4. The van der Waals surface area contributed by atoms with Gasteiger partial charge in [-0.2, -0.15) is 4.31 Å². The average Bonchev–Trinajstić information content (AvgIpc) is 3.11. The minimum atomic E-state index is -3.43. The van der Waals surface area contributed by atoms with Crippen LogP contribution in [0.4, 0.5) is 4.39 Å². The van der Waals surface area contributed by atoms with Crippen LogP contribution in [0, 0.1) is 11.7 Å². The van der Waals surface area contributed by atoms with Gasteiger partial charge in [0.25, 0.3) is 10.0 Å². The van der Waals surface area contributed by atoms with Crippen molar-refractivity contribution in [2.45, 2.75) is 30.4 Å². The fourth-order valence-electron chi connectivity index (χ4n) is 2.94. The maximum Gasteiger partial charge on any atom is 0.252 e. The summed E-state index contributed by atoms with van der Waals surface area (Å²) in [5, 5.41) is 0. The van der Waals surface area contributed by atoms with E-state index in [1.54, 1.807) is 22.5 Å². The lowest BCUT2D eigenvalue weighted by atomic mass is 10.0. The van der Waals surface area contributed by atoms with E-state index in [4.69, 9.17) is 4.74 Å². The standard InChI is InChI=1S/C18H22FNO3S2/c1-2-17-9-10-18(24-17)25(21,22)20-11-3-4-14(12-20)13-23-16-7-5-15(19)6-8-16/h5-10,14H,2-4,11-13H2,1H3. The number of sulfonamides is 1. The zero-order valence-corrected chi connectivity index (χ0v) is 15.8. The normalized spacial score (nSPS) is 19.0. The SMILES string of the molecule is CCc1ccc(S(=O)(=O)N2CCCC(COc3ccc(F)cc3)C2)s1. The molecule has 1 saturated heterocycles. The molecule has 1 fully saturated rings. The molecular weight excluding hydrogens is 361 g/mol. The summed E-state index contributed by atoms with van der Waals surface area (Å²) in [6.45, 7) is 3.46. The predicted molar refractivity (Wildman–Crippen MR) is 97.1 cm³/mol. The molecule has 1 aliphatic heterocycles. The van der Waals surface area contributed by atoms with Gasteiger partial charge in [-0.3, -0.25) is 0 Å². The molecule has 1 atom stereocenters. The van der Waals surface area contributed by atoms with Crippen LogP contribution in [-0.4, -0.2) is 32.4 Å². The smallest absolute Gasteiger partial charge is 0.252 e. The molecule has 2 heterocycles. The van der Waals surface area contributed by atoms with E-state index in [0.717, 1.165) is 24.1 Å². The largest absolute Gasteiger partial charge is 0.493 e. The summed E-state index contributed by atoms with van der Waals surface area (Å²) in [6.07, 6.45) is 2.59. The molecule has 1 aliphatic rings. The van der Waals surface area contributed by atoms with Crippen molar-refractivity contribution in [2.24, 2.45) is 5.92 Å². The molecule has 1 aromatic heterocycles. The van der Waals surface area contributed by atoms with Crippen LogP contribution in [0.1, 0.15) is 24.6 Å². The van der Waals surface area contributed by atoms with Crippen molar-refractivity contribution in [3.63, 3.8) is 0 Å². The molecule has 0 bridgehead atoms. The lowest BCUT2D eigenvalue weighted by Crippen LogP contribution is -2.41. The summed E-state index contributed by atoms with van der Waals surface area (Å²) >= 11 is 1.35. The van der Waals surface area contributed by atoms with Crippen molar-refractivity contribution in [1.82, 2.24) is 4.31 Å². The van der Waals surface area contributed by atoms with Crippen LogP contribution in [-0.2, 0) is 16.4 Å². The summed E-state index contributed by atoms with van der Waals surface area (Å²) in [6, 6.07) is 9.48. The number of benzene rings is 1. The molecule has 0 radical (unpaired) electrons. The monoisotopic (exact) mass is 383 g/mol. The summed E-state index contributed by atoms with van der Waals surface area (Å²) < 4.78 is 46.3. The highest BCUT2D eigenvalue weighted by molar-refractivity contribution is 7.91. The topological polar surface area (TPSA) is 46.6 Å². The Morgan fingerprint density at radius 2 is 2.00 bits per heavy atom. The second-order valence-electron chi connectivity index (χ2n) is 6.21. The van der Waals surface area contributed by atoms with E-state index in [0.29, 0.717) is 29.7 Å². The Morgan fingerprint density at radius 1 is 1.24 bits per heavy atom. The highest BCUT2D eigenvalue weighted by Crippen LogP contribution is 2.29. The first-order valence-corrected chi connectivity index (χ1v) is 10.7. The van der Waals surface area contributed by atoms with E-state index in [9.17, 15) is 12.8 Å². The Morgan fingerprint density at radius 3 is 2.68 bits per heavy atom. The zero-order valence-electron chi connectivity index (χ0n) is 14.2. The van der Waals surface area contributed by atoms with Gasteiger partial charge in [-0.05, 0) is 55.7 Å². The van der Waals surface area contributed by atoms with Crippen molar-refractivity contribution in [3.05, 3.63) is 47.1 Å². The highest BCUT2D eigenvalue weighted by atomic mass is 32.2. The molecule has 7 heteroatoms. The van der Waals surface area contributed by atoms with Crippen molar-refractivity contribution in [2.75, 3.05) is 19.7 Å². The van der Waals surface area contributed by atoms with Gasteiger partial charge in [-0.1, -0.05) is 6.92 Å². The maximum atomic E-state index is 12.9. The Kier molecular flexibility index (Phi) is 5.76. The second kappa shape index (κ2) is 7.85. The molecule has 0 spiro atoms. The van der Waals surface area contributed by atoms with Crippen molar-refractivity contribution in [3.8, 4) is 5.75 Å². The minimum absolute atomic E-state index is 0.138. The van der Waals surface area contributed by atoms with Gasteiger partial charge in [0.1, 0.15) is 15.8 Å². The van der Waals surface area contributed by atoms with E-state index >= 15 is 0 Å². The van der Waals surface area contributed by atoms with Crippen molar-refractivity contribution < 1.29 is 17.5 Å². The van der Waals surface area contributed by atoms with Gasteiger partial charge in [0.15, 0.2) is 0 Å². The van der Waals surface area contributed by atoms with Gasteiger partial charge in [-0.15, -0.1) is 11.3 Å². The number of hydrogen-bond donors (Lipinski definition) is 0. The number of piperidine rings is 1. The molecule has 0 saturated carbocycles. The van der Waals surface area contributed by atoms with Gasteiger partial charge >= 0.3 is 0 Å². The number of halogens is 1. The first kappa shape index (κ1) is 18.4. The fraction of sp³-hybridized carbons (Fsp3) is 0.444. The van der Waals surface area contributed by atoms with Gasteiger partial charge in [0.2, 0.25) is 0 Å². The van der Waals surface area contributed by atoms with Crippen LogP contribution in [0.2, 0.25) is 0 Å². The number of thiophene rings is 1. The quantitative estimate of drug-likeness (QED) is 0.759. The third-order valence-corrected chi connectivity index (χ3v) is 7.92. The molecule has 25 heavy (non-hydrogen) atoms. The van der Waals surface area contributed by atoms with E-state index in [-0.39, 0.29) is 11.7 Å². The zero-order chi connectivity index (χ0) is 17.9. The fourth-order valence-corrected chi connectivity index (χ4v) is 5.94. The molecule has 0 aliphatic carbocycles. The van der Waals surface area contributed by atoms with Crippen molar-refractivity contribution in [1.29, 1.82) is 0 Å². The third-order valence-electron chi connectivity index (χ3n) is 4.36. The summed E-state index contributed by atoms with van der Waals surface area (Å²) in [7, 11) is -3.43. The molecule has 3 rings (SSSR count). The van der Waals surface area contributed by atoms with Crippen LogP contribution < -0.4 is 4.74 Å². The lowest BCUT2D eigenvalue weighted by molar-refractivity contribution is 0.180. The molecule has 1 unspecified atom stereocenters. The molecule has 136 valence electrons. The number of aryl methyl sites for hydroxylation is 1. The first-order chi connectivity index (χ1) is 12.0. The van der Waals surface area contributed by atoms with E-state index in [1.165, 1.54) is 23.5 Å². The Bertz CT molecular complexity index is 802. The molecule has 0 N–H and O–H groups in total. The summed E-state index contributed by atoms with van der Waals surface area (Å²) in [5.41, 5.74) is 0. The average molecular weight is 384 g/mol. The lowest BCUT2D eigenvalue weighted by Gasteiger charge is -2.31. The van der Waals surface area contributed by atoms with Crippen LogP contribution in [0.15, 0.2) is 40.6 Å². The van der Waals surface area contributed by atoms with Gasteiger partial charge in [0.05, 0.1) is 6.61 Å². The number of ether oxygens (including phenoxy) is 1. The van der Waals surface area contributed by atoms with Crippen LogP contribution in [0.5, 0.6) is 5.75 Å². The van der Waals surface area contributed by atoms with Crippen LogP contribution in [0.25, 0.3) is 0 Å². The molecule has 0 amide bonds.